The van der Waals surface area contributed by atoms with Crippen LogP contribution in [0.2, 0.25) is 0 Å². The Balaban J connectivity index is 0.00000484. The predicted octanol–water partition coefficient (Wildman–Crippen LogP) is 1.98. The second kappa shape index (κ2) is 11.6. The van der Waals surface area contributed by atoms with Crippen molar-refractivity contribution in [2.24, 2.45) is 4.99 Å². The summed E-state index contributed by atoms with van der Waals surface area (Å²) in [6.45, 7) is 5.07. The molecule has 0 bridgehead atoms. The number of halogens is 2. The Labute approximate surface area is 155 Å². The summed E-state index contributed by atoms with van der Waals surface area (Å²) >= 11 is 0. The number of hydrogen-bond acceptors (Lipinski definition) is 3. The van der Waals surface area contributed by atoms with Crippen LogP contribution >= 0.6 is 24.0 Å². The molecule has 0 saturated heterocycles. The summed E-state index contributed by atoms with van der Waals surface area (Å²) in [5, 5.41) is 6.17. The van der Waals surface area contributed by atoms with Crippen molar-refractivity contribution in [2.45, 2.75) is 20.3 Å². The Morgan fingerprint density at radius 3 is 2.61 bits per heavy atom. The van der Waals surface area contributed by atoms with Gasteiger partial charge in [-0.3, -0.25) is 4.99 Å². The maximum Gasteiger partial charge on any atom is 0.191 e. The predicted molar refractivity (Wildman–Crippen MR) is 104 cm³/mol. The standard InChI is InChI=1S/C15H24FN3O2S.HI/c1-3-17-15(19-10-11-22(20,21)4-2)18-9-8-13-6-5-7-14(16)12-13;/h5-7,12H,3-4,8-11H2,1-2H3,(H2,17,18,19);1H. The summed E-state index contributed by atoms with van der Waals surface area (Å²) in [5.41, 5.74) is 0.900. The molecule has 0 atom stereocenters. The second-order valence-corrected chi connectivity index (χ2v) is 7.28. The van der Waals surface area contributed by atoms with Crippen molar-refractivity contribution in [1.82, 2.24) is 10.6 Å². The average molecular weight is 457 g/mol. The summed E-state index contributed by atoms with van der Waals surface area (Å²) < 4.78 is 35.9. The molecular formula is C15H25FIN3O2S. The Bertz CT molecular complexity index is 594. The summed E-state index contributed by atoms with van der Waals surface area (Å²) in [6, 6.07) is 6.46. The summed E-state index contributed by atoms with van der Waals surface area (Å²) in [6.07, 6.45) is 0.662. The first kappa shape index (κ1) is 22.1. The first-order chi connectivity index (χ1) is 10.5. The topological polar surface area (TPSA) is 70.6 Å². The Morgan fingerprint density at radius 1 is 1.26 bits per heavy atom. The van der Waals surface area contributed by atoms with E-state index in [4.69, 9.17) is 0 Å². The number of hydrogen-bond donors (Lipinski definition) is 2. The van der Waals surface area contributed by atoms with Gasteiger partial charge in [0.2, 0.25) is 0 Å². The highest BCUT2D eigenvalue weighted by Gasteiger charge is 2.06. The zero-order valence-electron chi connectivity index (χ0n) is 13.5. The Hall–Kier alpha value is -0.900. The van der Waals surface area contributed by atoms with E-state index < -0.39 is 9.84 Å². The van der Waals surface area contributed by atoms with E-state index in [0.717, 1.165) is 5.56 Å². The van der Waals surface area contributed by atoms with Crippen LogP contribution in [0.25, 0.3) is 0 Å². The molecule has 23 heavy (non-hydrogen) atoms. The van der Waals surface area contributed by atoms with E-state index in [1.807, 2.05) is 13.0 Å². The SMILES string of the molecule is CCNC(=NCCS(=O)(=O)CC)NCCc1cccc(F)c1.I. The molecule has 0 aliphatic heterocycles. The van der Waals surface area contributed by atoms with Gasteiger partial charge in [0.1, 0.15) is 5.82 Å². The quantitative estimate of drug-likeness (QED) is 0.356. The number of benzene rings is 1. The second-order valence-electron chi connectivity index (χ2n) is 4.80. The van der Waals surface area contributed by atoms with Crippen LogP contribution in [-0.2, 0) is 16.3 Å². The first-order valence-electron chi connectivity index (χ1n) is 7.44. The number of guanidine groups is 1. The molecule has 132 valence electrons. The van der Waals surface area contributed by atoms with Gasteiger partial charge in [0.15, 0.2) is 15.8 Å². The number of rotatable bonds is 8. The molecule has 0 aliphatic rings. The summed E-state index contributed by atoms with van der Waals surface area (Å²) in [4.78, 5) is 4.24. The minimum atomic E-state index is -3.00. The lowest BCUT2D eigenvalue weighted by Crippen LogP contribution is -2.38. The van der Waals surface area contributed by atoms with Gasteiger partial charge in [0.05, 0.1) is 12.3 Å². The molecule has 2 N–H and O–H groups in total. The molecule has 1 rings (SSSR count). The van der Waals surface area contributed by atoms with Gasteiger partial charge >= 0.3 is 0 Å². The molecule has 0 aliphatic carbocycles. The third kappa shape index (κ3) is 9.75. The van der Waals surface area contributed by atoms with Crippen LogP contribution in [-0.4, -0.2) is 45.5 Å². The molecule has 0 radical (unpaired) electrons. The minimum absolute atomic E-state index is 0. The fourth-order valence-electron chi connectivity index (χ4n) is 1.80. The molecule has 1 aromatic carbocycles. The third-order valence-corrected chi connectivity index (χ3v) is 4.74. The van der Waals surface area contributed by atoms with Crippen LogP contribution in [0.15, 0.2) is 29.3 Å². The summed E-state index contributed by atoms with van der Waals surface area (Å²) in [5.74, 6) is 0.504. The lowest BCUT2D eigenvalue weighted by Gasteiger charge is -2.11. The van der Waals surface area contributed by atoms with Crippen LogP contribution < -0.4 is 10.6 Å². The smallest absolute Gasteiger partial charge is 0.191 e. The van der Waals surface area contributed by atoms with E-state index >= 15 is 0 Å². The molecule has 8 heteroatoms. The highest BCUT2D eigenvalue weighted by Crippen LogP contribution is 2.03. The lowest BCUT2D eigenvalue weighted by atomic mass is 10.1. The fraction of sp³-hybridized carbons (Fsp3) is 0.533. The van der Waals surface area contributed by atoms with Crippen molar-refractivity contribution in [3.05, 3.63) is 35.6 Å². The molecule has 0 fully saturated rings. The van der Waals surface area contributed by atoms with Crippen LogP contribution in [0.3, 0.4) is 0 Å². The highest BCUT2D eigenvalue weighted by atomic mass is 127. The van der Waals surface area contributed by atoms with Gasteiger partial charge in [-0.15, -0.1) is 24.0 Å². The molecule has 0 unspecified atom stereocenters. The number of aliphatic imine (C=N–C) groups is 1. The third-order valence-electron chi connectivity index (χ3n) is 3.05. The van der Waals surface area contributed by atoms with Gasteiger partial charge in [-0.05, 0) is 31.0 Å². The van der Waals surface area contributed by atoms with E-state index in [2.05, 4.69) is 15.6 Å². The minimum Gasteiger partial charge on any atom is -0.357 e. The number of nitrogens with one attached hydrogen (secondary N) is 2. The number of sulfone groups is 1. The van der Waals surface area contributed by atoms with Crippen LogP contribution in [0.5, 0.6) is 0 Å². The normalized spacial score (nSPS) is 11.7. The van der Waals surface area contributed by atoms with E-state index in [9.17, 15) is 12.8 Å². The van der Waals surface area contributed by atoms with E-state index in [-0.39, 0.29) is 47.8 Å². The molecule has 0 saturated carbocycles. The zero-order valence-corrected chi connectivity index (χ0v) is 16.7. The Kier molecular flexibility index (Phi) is 11.2. The molecule has 0 amide bonds. The van der Waals surface area contributed by atoms with Crippen molar-refractivity contribution in [2.75, 3.05) is 31.1 Å². The molecular weight excluding hydrogens is 432 g/mol. The van der Waals surface area contributed by atoms with Crippen molar-refractivity contribution < 1.29 is 12.8 Å². The van der Waals surface area contributed by atoms with Crippen LogP contribution in [0.4, 0.5) is 4.39 Å². The largest absolute Gasteiger partial charge is 0.357 e. The molecule has 5 nitrogen and oxygen atoms in total. The molecule has 0 aromatic heterocycles. The highest BCUT2D eigenvalue weighted by molar-refractivity contribution is 14.0. The van der Waals surface area contributed by atoms with Crippen molar-refractivity contribution in [1.29, 1.82) is 0 Å². The maximum absolute atomic E-state index is 13.1. The first-order valence-corrected chi connectivity index (χ1v) is 9.26. The van der Waals surface area contributed by atoms with Crippen molar-refractivity contribution in [3.63, 3.8) is 0 Å². The maximum atomic E-state index is 13.1. The number of nitrogens with zero attached hydrogens (tertiary/aromatic N) is 1. The van der Waals surface area contributed by atoms with Crippen LogP contribution in [0.1, 0.15) is 19.4 Å². The fourth-order valence-corrected chi connectivity index (χ4v) is 2.46. The van der Waals surface area contributed by atoms with Gasteiger partial charge in [-0.2, -0.15) is 0 Å². The summed E-state index contributed by atoms with van der Waals surface area (Å²) in [7, 11) is -3.00. The average Bonchev–Trinajstić information content (AvgIpc) is 2.47. The zero-order chi connectivity index (χ0) is 16.4. The van der Waals surface area contributed by atoms with E-state index in [1.54, 1.807) is 13.0 Å². The molecule has 0 heterocycles. The van der Waals surface area contributed by atoms with Gasteiger partial charge in [-0.25, -0.2) is 12.8 Å². The lowest BCUT2D eigenvalue weighted by molar-refractivity contribution is 0.597. The van der Waals surface area contributed by atoms with Crippen molar-refractivity contribution >= 4 is 39.8 Å². The Morgan fingerprint density at radius 2 is 2.00 bits per heavy atom. The monoisotopic (exact) mass is 457 g/mol. The van der Waals surface area contributed by atoms with Gasteiger partial charge < -0.3 is 10.6 Å². The van der Waals surface area contributed by atoms with Crippen molar-refractivity contribution in [3.8, 4) is 0 Å². The van der Waals surface area contributed by atoms with Crippen LogP contribution in [0, 0.1) is 5.82 Å². The van der Waals surface area contributed by atoms with E-state index in [0.29, 0.717) is 25.5 Å². The molecule has 0 spiro atoms. The van der Waals surface area contributed by atoms with E-state index in [1.165, 1.54) is 12.1 Å². The van der Waals surface area contributed by atoms with Gasteiger partial charge in [0, 0.05) is 18.8 Å². The van der Waals surface area contributed by atoms with Gasteiger partial charge in [-0.1, -0.05) is 19.1 Å². The van der Waals surface area contributed by atoms with Gasteiger partial charge in [0.25, 0.3) is 0 Å². The molecule has 1 aromatic rings.